The van der Waals surface area contributed by atoms with Crippen molar-refractivity contribution in [2.24, 2.45) is 5.92 Å². The van der Waals surface area contributed by atoms with Gasteiger partial charge < -0.3 is 19.5 Å². The van der Waals surface area contributed by atoms with Gasteiger partial charge in [-0.1, -0.05) is 12.1 Å². The van der Waals surface area contributed by atoms with Crippen molar-refractivity contribution < 1.29 is 53.8 Å². The van der Waals surface area contributed by atoms with Crippen LogP contribution in [0.2, 0.25) is 0 Å². The van der Waals surface area contributed by atoms with Crippen LogP contribution in [-0.4, -0.2) is 45.8 Å². The Morgan fingerprint density at radius 3 is 2.58 bits per heavy atom. The Labute approximate surface area is 178 Å². The minimum atomic E-state index is -1.25. The number of carboxylic acids is 1. The summed E-state index contributed by atoms with van der Waals surface area (Å²) in [5.74, 6) is -1.73. The van der Waals surface area contributed by atoms with E-state index in [0.29, 0.717) is 11.3 Å². The SMILES string of the molecule is COc1cccc(C)c1C(=O)C[C@@H]1C(=O)N2C(C(=O)[O-])C(C)(C)S[C@H]12.[Na+]. The van der Waals surface area contributed by atoms with E-state index in [0.717, 1.165) is 5.56 Å². The number of hydrogen-bond donors (Lipinski definition) is 0. The molecular weight excluding hydrogens is 365 g/mol. The maximum atomic E-state index is 12.8. The Morgan fingerprint density at radius 2 is 2.00 bits per heavy atom. The van der Waals surface area contributed by atoms with Crippen LogP contribution in [0.5, 0.6) is 5.75 Å². The summed E-state index contributed by atoms with van der Waals surface area (Å²) >= 11 is 1.42. The van der Waals surface area contributed by atoms with Gasteiger partial charge in [-0.3, -0.25) is 9.59 Å². The van der Waals surface area contributed by atoms with Gasteiger partial charge in [0.05, 0.1) is 36.0 Å². The van der Waals surface area contributed by atoms with Gasteiger partial charge in [-0.2, -0.15) is 0 Å². The van der Waals surface area contributed by atoms with Crippen LogP contribution in [-0.2, 0) is 9.59 Å². The number of ether oxygens (including phenoxy) is 1. The van der Waals surface area contributed by atoms with E-state index < -0.39 is 22.7 Å². The number of carbonyl (C=O) groups is 3. The Balaban J connectivity index is 0.00000243. The first kappa shape index (κ1) is 21.3. The molecule has 8 heteroatoms. The van der Waals surface area contributed by atoms with E-state index in [1.165, 1.54) is 23.8 Å². The second kappa shape index (κ2) is 7.54. The Kier molecular flexibility index (Phi) is 6.17. The predicted molar refractivity (Wildman–Crippen MR) is 91.3 cm³/mol. The van der Waals surface area contributed by atoms with Gasteiger partial charge in [0.1, 0.15) is 5.75 Å². The van der Waals surface area contributed by atoms with E-state index >= 15 is 0 Å². The van der Waals surface area contributed by atoms with Gasteiger partial charge in [0, 0.05) is 11.2 Å². The zero-order valence-electron chi connectivity index (χ0n) is 15.6. The summed E-state index contributed by atoms with van der Waals surface area (Å²) in [5.41, 5.74) is 1.27. The molecule has 1 aromatic carbocycles. The maximum absolute atomic E-state index is 12.8. The fraction of sp³-hybridized carbons (Fsp3) is 0.500. The molecule has 3 rings (SSSR count). The molecule has 3 atom stereocenters. The summed E-state index contributed by atoms with van der Waals surface area (Å²) in [4.78, 5) is 38.0. The van der Waals surface area contributed by atoms with Crippen molar-refractivity contribution in [3.63, 3.8) is 0 Å². The van der Waals surface area contributed by atoms with Crippen molar-refractivity contribution in [1.29, 1.82) is 0 Å². The largest absolute Gasteiger partial charge is 1.00 e. The zero-order chi connectivity index (χ0) is 18.5. The van der Waals surface area contributed by atoms with Crippen molar-refractivity contribution in [3.8, 4) is 5.75 Å². The van der Waals surface area contributed by atoms with Gasteiger partial charge >= 0.3 is 29.6 Å². The summed E-state index contributed by atoms with van der Waals surface area (Å²) in [6, 6.07) is 4.38. The topological polar surface area (TPSA) is 86.7 Å². The number of hydrogen-bond acceptors (Lipinski definition) is 6. The Bertz CT molecular complexity index is 766. The van der Waals surface area contributed by atoms with Crippen LogP contribution in [0.25, 0.3) is 0 Å². The number of methoxy groups -OCH3 is 1. The van der Waals surface area contributed by atoms with Crippen LogP contribution >= 0.6 is 11.8 Å². The molecule has 0 aromatic heterocycles. The molecule has 1 unspecified atom stereocenters. The van der Waals surface area contributed by atoms with Gasteiger partial charge in [0.15, 0.2) is 5.78 Å². The number of nitrogens with zero attached hydrogens (tertiary/aromatic N) is 1. The summed E-state index contributed by atoms with van der Waals surface area (Å²) in [7, 11) is 1.50. The average molecular weight is 385 g/mol. The quantitative estimate of drug-likeness (QED) is 0.331. The zero-order valence-corrected chi connectivity index (χ0v) is 18.4. The third-order valence-electron chi connectivity index (χ3n) is 4.91. The fourth-order valence-electron chi connectivity index (χ4n) is 3.73. The van der Waals surface area contributed by atoms with E-state index in [2.05, 4.69) is 0 Å². The fourth-order valence-corrected chi connectivity index (χ4v) is 5.41. The van der Waals surface area contributed by atoms with E-state index in [1.54, 1.807) is 26.0 Å². The van der Waals surface area contributed by atoms with Crippen molar-refractivity contribution >= 4 is 29.4 Å². The predicted octanol–water partition coefficient (Wildman–Crippen LogP) is -1.99. The second-order valence-electron chi connectivity index (χ2n) is 6.96. The number of rotatable bonds is 5. The number of β-lactam (4-membered cyclic amide) rings is 1. The Hall–Kier alpha value is -1.02. The number of carboxylic acid groups (broad SMARTS) is 1. The van der Waals surface area contributed by atoms with Gasteiger partial charge in [0.25, 0.3) is 0 Å². The molecule has 2 aliphatic heterocycles. The number of aliphatic carboxylic acids is 1. The van der Waals surface area contributed by atoms with Crippen LogP contribution in [0.1, 0.15) is 36.2 Å². The van der Waals surface area contributed by atoms with Gasteiger partial charge in [-0.05, 0) is 32.4 Å². The molecular formula is C18H20NNaO5S. The Morgan fingerprint density at radius 1 is 1.35 bits per heavy atom. The molecule has 0 saturated carbocycles. The first-order valence-electron chi connectivity index (χ1n) is 8.06. The molecule has 0 radical (unpaired) electrons. The molecule has 1 amide bonds. The molecule has 0 N–H and O–H groups in total. The molecule has 0 spiro atoms. The summed E-state index contributed by atoms with van der Waals surface area (Å²) in [5, 5.41) is 11.1. The molecule has 2 fully saturated rings. The minimum absolute atomic E-state index is 0. The van der Waals surface area contributed by atoms with E-state index in [1.807, 2.05) is 13.0 Å². The summed E-state index contributed by atoms with van der Waals surface area (Å²) in [6.45, 7) is 5.39. The maximum Gasteiger partial charge on any atom is 1.00 e. The molecule has 6 nitrogen and oxygen atoms in total. The van der Waals surface area contributed by atoms with Gasteiger partial charge in [-0.15, -0.1) is 11.8 Å². The van der Waals surface area contributed by atoms with Crippen molar-refractivity contribution in [3.05, 3.63) is 29.3 Å². The van der Waals surface area contributed by atoms with Gasteiger partial charge in [0.2, 0.25) is 5.91 Å². The van der Waals surface area contributed by atoms with E-state index in [9.17, 15) is 19.5 Å². The number of carbonyl (C=O) groups excluding carboxylic acids is 3. The minimum Gasteiger partial charge on any atom is -0.548 e. The first-order chi connectivity index (χ1) is 11.7. The molecule has 0 aliphatic carbocycles. The number of fused-ring (bicyclic) bond motifs is 1. The number of thioether (sulfide) groups is 1. The third kappa shape index (κ3) is 3.30. The molecule has 2 heterocycles. The van der Waals surface area contributed by atoms with Crippen molar-refractivity contribution in [1.82, 2.24) is 4.90 Å². The summed E-state index contributed by atoms with van der Waals surface area (Å²) in [6.07, 6.45) is 0.0457. The van der Waals surface area contributed by atoms with E-state index in [-0.39, 0.29) is 53.0 Å². The van der Waals surface area contributed by atoms with Crippen LogP contribution in [0, 0.1) is 12.8 Å². The monoisotopic (exact) mass is 385 g/mol. The van der Waals surface area contributed by atoms with Crippen LogP contribution in [0.3, 0.4) is 0 Å². The second-order valence-corrected chi connectivity index (χ2v) is 8.74. The molecule has 134 valence electrons. The van der Waals surface area contributed by atoms with Crippen molar-refractivity contribution in [2.75, 3.05) is 7.11 Å². The molecule has 0 bridgehead atoms. The molecule has 1 aromatic rings. The van der Waals surface area contributed by atoms with Crippen LogP contribution < -0.4 is 39.4 Å². The average Bonchev–Trinajstić information content (AvgIpc) is 2.80. The van der Waals surface area contributed by atoms with Crippen LogP contribution in [0.15, 0.2) is 18.2 Å². The number of ketones is 1. The molecule has 26 heavy (non-hydrogen) atoms. The summed E-state index contributed by atoms with van der Waals surface area (Å²) < 4.78 is 4.63. The van der Waals surface area contributed by atoms with Gasteiger partial charge in [-0.25, -0.2) is 0 Å². The number of Topliss-reactive ketones (excluding diaryl/α,β-unsaturated/α-hetero) is 1. The third-order valence-corrected chi connectivity index (χ3v) is 6.54. The number of amides is 1. The standard InChI is InChI=1S/C18H21NO5S.Na/c1-9-6-5-7-12(24-4)13(9)11(20)8-10-15(21)19-14(17(22)23)18(2,3)25-16(10)19;/h5-7,10,14,16H,8H2,1-4H3,(H,22,23);/q;+1/p-1/t10-,14?,16-;/m1./s1. The molecule has 2 saturated heterocycles. The van der Waals surface area contributed by atoms with Crippen molar-refractivity contribution in [2.45, 2.75) is 43.4 Å². The normalized spacial score (nSPS) is 25.8. The van der Waals surface area contributed by atoms with E-state index in [4.69, 9.17) is 4.74 Å². The molecule has 2 aliphatic rings. The van der Waals surface area contributed by atoms with Crippen LogP contribution in [0.4, 0.5) is 0 Å². The number of aryl methyl sites for hydroxylation is 1. The number of benzene rings is 1. The smallest absolute Gasteiger partial charge is 0.548 e. The first-order valence-corrected chi connectivity index (χ1v) is 8.94.